The second kappa shape index (κ2) is 6.65. The number of nitrogens with zero attached hydrogens (tertiary/aromatic N) is 4. The molecular weight excluding hydrogens is 353 g/mol. The molecule has 128 valence electrons. The van der Waals surface area contributed by atoms with Gasteiger partial charge in [-0.25, -0.2) is 19.3 Å². The summed E-state index contributed by atoms with van der Waals surface area (Å²) >= 11 is 6.05. The molecule has 3 aromatic heterocycles. The smallest absolute Gasteiger partial charge is 0.155 e. The van der Waals surface area contributed by atoms with Crippen LogP contribution in [0.15, 0.2) is 55.0 Å². The highest BCUT2D eigenvalue weighted by Crippen LogP contribution is 2.33. The number of fused-ring (bicyclic) bond motifs is 1. The lowest BCUT2D eigenvalue weighted by Gasteiger charge is -2.11. The van der Waals surface area contributed by atoms with Gasteiger partial charge in [-0.3, -0.25) is 4.98 Å². The number of nitrogens with one attached hydrogen (secondary N) is 1. The van der Waals surface area contributed by atoms with Crippen LogP contribution in [-0.4, -0.2) is 27.0 Å². The first-order valence-electron chi connectivity index (χ1n) is 7.87. The van der Waals surface area contributed by atoms with Gasteiger partial charge in [-0.05, 0) is 42.5 Å². The molecule has 4 aromatic rings. The van der Waals surface area contributed by atoms with E-state index < -0.39 is 5.82 Å². The van der Waals surface area contributed by atoms with Gasteiger partial charge in [0.15, 0.2) is 5.82 Å². The summed E-state index contributed by atoms with van der Waals surface area (Å²) in [5.41, 5.74) is 3.49. The number of halogens is 2. The molecule has 0 saturated heterocycles. The van der Waals surface area contributed by atoms with Crippen LogP contribution < -0.4 is 5.32 Å². The van der Waals surface area contributed by atoms with Gasteiger partial charge in [0.1, 0.15) is 17.7 Å². The Morgan fingerprint density at radius 1 is 1.00 bits per heavy atom. The molecule has 26 heavy (non-hydrogen) atoms. The van der Waals surface area contributed by atoms with Crippen molar-refractivity contribution in [1.82, 2.24) is 19.9 Å². The summed E-state index contributed by atoms with van der Waals surface area (Å²) < 4.78 is 14.4. The number of aromatic nitrogens is 4. The summed E-state index contributed by atoms with van der Waals surface area (Å²) in [5.74, 6) is 0.227. The number of anilines is 1. The molecule has 0 amide bonds. The van der Waals surface area contributed by atoms with Gasteiger partial charge >= 0.3 is 0 Å². The fraction of sp³-hybridized carbons (Fsp3) is 0.0526. The molecule has 1 N–H and O–H groups in total. The SMILES string of the molecule is CNc1ncnc2ccc(-c3cccnc3-c3cc(Cl)ccc3F)nc12. The summed E-state index contributed by atoms with van der Waals surface area (Å²) in [6.45, 7) is 0. The van der Waals surface area contributed by atoms with Crippen LogP contribution in [0, 0.1) is 5.82 Å². The van der Waals surface area contributed by atoms with Crippen molar-refractivity contribution < 1.29 is 4.39 Å². The molecule has 1 aromatic carbocycles. The standard InChI is InChI=1S/C19H13ClFN5/c1-22-19-18-16(24-10-25-19)7-6-15(26-18)12-3-2-8-23-17(12)13-9-11(20)4-5-14(13)21/h2-10H,1H3,(H,22,24,25). The molecule has 3 heterocycles. The number of rotatable bonds is 3. The van der Waals surface area contributed by atoms with Gasteiger partial charge in [0, 0.05) is 29.4 Å². The van der Waals surface area contributed by atoms with Crippen LogP contribution in [0.1, 0.15) is 0 Å². The van der Waals surface area contributed by atoms with Crippen molar-refractivity contribution in [3.8, 4) is 22.5 Å². The number of benzene rings is 1. The Morgan fingerprint density at radius 2 is 1.88 bits per heavy atom. The summed E-state index contributed by atoms with van der Waals surface area (Å²) in [6.07, 6.45) is 3.09. The average molecular weight is 366 g/mol. The first kappa shape index (κ1) is 16.4. The lowest BCUT2D eigenvalue weighted by Crippen LogP contribution is -1.98. The Kier molecular flexibility index (Phi) is 4.18. The average Bonchev–Trinajstić information content (AvgIpc) is 2.69. The Morgan fingerprint density at radius 3 is 2.73 bits per heavy atom. The van der Waals surface area contributed by atoms with E-state index in [0.29, 0.717) is 44.4 Å². The third-order valence-corrected chi connectivity index (χ3v) is 4.22. The van der Waals surface area contributed by atoms with E-state index in [0.717, 1.165) is 0 Å². The van der Waals surface area contributed by atoms with Crippen molar-refractivity contribution >= 4 is 28.5 Å². The topological polar surface area (TPSA) is 63.6 Å². The normalized spacial score (nSPS) is 10.9. The zero-order chi connectivity index (χ0) is 18.1. The highest BCUT2D eigenvalue weighted by atomic mass is 35.5. The molecule has 4 rings (SSSR count). The molecule has 0 aliphatic rings. The molecule has 7 heteroatoms. The zero-order valence-corrected chi connectivity index (χ0v) is 14.5. The van der Waals surface area contributed by atoms with Crippen LogP contribution in [0.5, 0.6) is 0 Å². The Hall–Kier alpha value is -3.12. The van der Waals surface area contributed by atoms with Crippen LogP contribution in [0.3, 0.4) is 0 Å². The molecule has 0 atom stereocenters. The maximum absolute atomic E-state index is 14.4. The van der Waals surface area contributed by atoms with E-state index in [1.165, 1.54) is 18.5 Å². The van der Waals surface area contributed by atoms with E-state index in [9.17, 15) is 4.39 Å². The largest absolute Gasteiger partial charge is 0.371 e. The van der Waals surface area contributed by atoms with Crippen LogP contribution in [-0.2, 0) is 0 Å². The van der Waals surface area contributed by atoms with Gasteiger partial charge in [0.2, 0.25) is 0 Å². The van der Waals surface area contributed by atoms with Crippen molar-refractivity contribution in [2.45, 2.75) is 0 Å². The molecular formula is C19H13ClFN5. The van der Waals surface area contributed by atoms with Crippen molar-refractivity contribution in [1.29, 1.82) is 0 Å². The van der Waals surface area contributed by atoms with Crippen molar-refractivity contribution in [2.75, 3.05) is 12.4 Å². The second-order valence-electron chi connectivity index (χ2n) is 5.56. The van der Waals surface area contributed by atoms with Crippen molar-refractivity contribution in [3.63, 3.8) is 0 Å². The van der Waals surface area contributed by atoms with Gasteiger partial charge in [0.25, 0.3) is 0 Å². The van der Waals surface area contributed by atoms with Crippen LogP contribution in [0.4, 0.5) is 10.2 Å². The first-order valence-corrected chi connectivity index (χ1v) is 8.25. The van der Waals surface area contributed by atoms with E-state index in [-0.39, 0.29) is 0 Å². The summed E-state index contributed by atoms with van der Waals surface area (Å²) in [5, 5.41) is 3.44. The maximum atomic E-state index is 14.4. The third kappa shape index (κ3) is 2.84. The maximum Gasteiger partial charge on any atom is 0.155 e. The fourth-order valence-electron chi connectivity index (χ4n) is 2.78. The number of pyridine rings is 2. The summed E-state index contributed by atoms with van der Waals surface area (Å²) in [4.78, 5) is 17.4. The summed E-state index contributed by atoms with van der Waals surface area (Å²) in [7, 11) is 1.77. The van der Waals surface area contributed by atoms with E-state index in [1.807, 2.05) is 18.2 Å². The minimum absolute atomic E-state index is 0.327. The van der Waals surface area contributed by atoms with Crippen LogP contribution in [0.25, 0.3) is 33.5 Å². The number of hydrogen-bond acceptors (Lipinski definition) is 5. The van der Waals surface area contributed by atoms with Gasteiger partial charge in [-0.1, -0.05) is 11.6 Å². The molecule has 0 aliphatic heterocycles. The van der Waals surface area contributed by atoms with Gasteiger partial charge in [-0.2, -0.15) is 0 Å². The van der Waals surface area contributed by atoms with E-state index in [2.05, 4.69) is 25.3 Å². The molecule has 0 fully saturated rings. The minimum atomic E-state index is -0.394. The van der Waals surface area contributed by atoms with Gasteiger partial charge in [0.05, 0.1) is 16.9 Å². The van der Waals surface area contributed by atoms with E-state index in [4.69, 9.17) is 11.6 Å². The molecule has 0 radical (unpaired) electrons. The Labute approximate surface area is 153 Å². The monoisotopic (exact) mass is 365 g/mol. The molecule has 0 aliphatic carbocycles. The minimum Gasteiger partial charge on any atom is -0.371 e. The highest BCUT2D eigenvalue weighted by molar-refractivity contribution is 6.30. The first-order chi connectivity index (χ1) is 12.7. The van der Waals surface area contributed by atoms with Crippen LogP contribution in [0.2, 0.25) is 5.02 Å². The van der Waals surface area contributed by atoms with E-state index >= 15 is 0 Å². The highest BCUT2D eigenvalue weighted by Gasteiger charge is 2.15. The van der Waals surface area contributed by atoms with Gasteiger partial charge < -0.3 is 5.32 Å². The molecule has 0 spiro atoms. The molecule has 0 bridgehead atoms. The number of hydrogen-bond donors (Lipinski definition) is 1. The van der Waals surface area contributed by atoms with Crippen molar-refractivity contribution in [2.24, 2.45) is 0 Å². The third-order valence-electron chi connectivity index (χ3n) is 3.99. The summed E-state index contributed by atoms with van der Waals surface area (Å²) in [6, 6.07) is 11.7. The molecule has 0 unspecified atom stereocenters. The van der Waals surface area contributed by atoms with Gasteiger partial charge in [-0.15, -0.1) is 0 Å². The predicted octanol–water partition coefficient (Wildman–Crippen LogP) is 4.59. The molecule has 5 nitrogen and oxygen atoms in total. The Bertz CT molecular complexity index is 1120. The fourth-order valence-corrected chi connectivity index (χ4v) is 2.95. The van der Waals surface area contributed by atoms with E-state index in [1.54, 1.807) is 25.4 Å². The zero-order valence-electron chi connectivity index (χ0n) is 13.7. The predicted molar refractivity (Wildman–Crippen MR) is 101 cm³/mol. The second-order valence-corrected chi connectivity index (χ2v) is 6.00. The van der Waals surface area contributed by atoms with Crippen LogP contribution >= 0.6 is 11.6 Å². The lowest BCUT2D eigenvalue weighted by molar-refractivity contribution is 0.631. The molecule has 0 saturated carbocycles. The Balaban J connectivity index is 1.95. The quantitative estimate of drug-likeness (QED) is 0.575. The lowest BCUT2D eigenvalue weighted by atomic mass is 10.0. The van der Waals surface area contributed by atoms with Crippen molar-refractivity contribution in [3.05, 3.63) is 65.8 Å².